The lowest BCUT2D eigenvalue weighted by Gasteiger charge is -2.28. The molecule has 0 aliphatic rings. The summed E-state index contributed by atoms with van der Waals surface area (Å²) in [6.45, 7) is 9.48. The van der Waals surface area contributed by atoms with Gasteiger partial charge in [-0.1, -0.05) is 124 Å². The molecule has 0 radical (unpaired) electrons. The third-order valence-corrected chi connectivity index (χ3v) is 12.0. The zero-order chi connectivity index (χ0) is 24.2. The summed E-state index contributed by atoms with van der Waals surface area (Å²) in [4.78, 5) is 1.50. The van der Waals surface area contributed by atoms with Gasteiger partial charge in [0.2, 0.25) is 0 Å². The number of unbranched alkanes of at least 4 members (excludes halogenated alkanes) is 16. The maximum absolute atomic E-state index is 6.75. The first-order valence-electron chi connectivity index (χ1n) is 14.5. The van der Waals surface area contributed by atoms with Gasteiger partial charge in [0.25, 0.3) is 0 Å². The van der Waals surface area contributed by atoms with Crippen LogP contribution in [-0.2, 0) is 0 Å². The summed E-state index contributed by atoms with van der Waals surface area (Å²) in [5, 5.41) is 0. The van der Waals surface area contributed by atoms with E-state index in [1.54, 1.807) is 31.1 Å². The van der Waals surface area contributed by atoms with Crippen LogP contribution >= 0.6 is 7.26 Å². The molecular formula is C28H60N3P. The monoisotopic (exact) mass is 469 g/mol. The Morgan fingerprint density at radius 1 is 0.375 bits per heavy atom. The van der Waals surface area contributed by atoms with Crippen LogP contribution in [0.1, 0.15) is 156 Å². The molecule has 0 amide bonds. The fourth-order valence-corrected chi connectivity index (χ4v) is 9.99. The highest BCUT2D eigenvalue weighted by Crippen LogP contribution is 2.61. The standard InChI is InChI=1S/C28H60P.N3/c1-5-9-13-14-15-16-17-18-19-20-21-22-23-24-28-29(25-10-6-2,26-11-7-3)27-12-8-4;1-3-2/h5-28H2,1-4H3;/q+1;-1. The van der Waals surface area contributed by atoms with Crippen LogP contribution < -0.4 is 0 Å². The maximum atomic E-state index is 6.75. The quantitative estimate of drug-likeness (QED) is 0.0443. The van der Waals surface area contributed by atoms with E-state index in [9.17, 15) is 0 Å². The highest BCUT2D eigenvalue weighted by atomic mass is 31.2. The van der Waals surface area contributed by atoms with E-state index < -0.39 is 7.26 Å². The topological polar surface area (TPSA) is 58.7 Å². The Kier molecular flexibility index (Phi) is 30.5. The van der Waals surface area contributed by atoms with Gasteiger partial charge in [0.05, 0.1) is 24.6 Å². The molecule has 0 aromatic rings. The van der Waals surface area contributed by atoms with Crippen molar-refractivity contribution in [3.63, 3.8) is 0 Å². The highest BCUT2D eigenvalue weighted by Gasteiger charge is 2.34. The molecule has 0 aromatic heterocycles. The molecule has 0 saturated carbocycles. The molecule has 32 heavy (non-hydrogen) atoms. The molecule has 192 valence electrons. The molecular weight excluding hydrogens is 409 g/mol. The minimum atomic E-state index is -0.630. The van der Waals surface area contributed by atoms with E-state index in [0.29, 0.717) is 0 Å². The minimum Gasteiger partial charge on any atom is -0.373 e. The van der Waals surface area contributed by atoms with Crippen LogP contribution in [0.5, 0.6) is 0 Å². The first-order valence-corrected chi connectivity index (χ1v) is 17.0. The van der Waals surface area contributed by atoms with E-state index in [4.69, 9.17) is 11.1 Å². The highest BCUT2D eigenvalue weighted by molar-refractivity contribution is 7.75. The van der Waals surface area contributed by atoms with Crippen LogP contribution in [0, 0.1) is 0 Å². The van der Waals surface area contributed by atoms with E-state index >= 15 is 0 Å². The van der Waals surface area contributed by atoms with Crippen LogP contribution in [0.15, 0.2) is 0 Å². The molecule has 0 bridgehead atoms. The molecule has 0 saturated heterocycles. The number of nitrogens with zero attached hydrogens (tertiary/aromatic N) is 3. The first-order chi connectivity index (χ1) is 15.7. The Labute approximate surface area is 204 Å². The molecule has 3 nitrogen and oxygen atoms in total. The van der Waals surface area contributed by atoms with Crippen molar-refractivity contribution in [2.45, 2.75) is 156 Å². The largest absolute Gasteiger partial charge is 0.373 e. The summed E-state index contributed by atoms with van der Waals surface area (Å²) < 4.78 is 0. The Bertz CT molecular complexity index is 359. The molecule has 4 heteroatoms. The number of rotatable bonds is 24. The summed E-state index contributed by atoms with van der Waals surface area (Å²) in [7, 11) is -0.630. The lowest BCUT2D eigenvalue weighted by Crippen LogP contribution is -2.13. The van der Waals surface area contributed by atoms with Gasteiger partial charge in [0.1, 0.15) is 0 Å². The zero-order valence-corrected chi connectivity index (χ0v) is 23.7. The van der Waals surface area contributed by atoms with Crippen molar-refractivity contribution in [2.24, 2.45) is 0 Å². The average molecular weight is 470 g/mol. The molecule has 0 unspecified atom stereocenters. The smallest absolute Gasteiger partial charge is 0.0594 e. The normalized spacial score (nSPS) is 11.1. The van der Waals surface area contributed by atoms with Gasteiger partial charge in [-0.25, -0.2) is 0 Å². The second-order valence-corrected chi connectivity index (χ2v) is 14.5. The molecule has 0 atom stereocenters. The van der Waals surface area contributed by atoms with Crippen molar-refractivity contribution in [1.29, 1.82) is 0 Å². The zero-order valence-electron chi connectivity index (χ0n) is 22.8. The van der Waals surface area contributed by atoms with Gasteiger partial charge in [0, 0.05) is 7.26 Å². The Morgan fingerprint density at radius 3 is 0.875 bits per heavy atom. The lowest BCUT2D eigenvalue weighted by molar-refractivity contribution is 0.538. The summed E-state index contributed by atoms with van der Waals surface area (Å²) >= 11 is 0. The molecule has 0 spiro atoms. The molecule has 0 aliphatic carbocycles. The van der Waals surface area contributed by atoms with Crippen molar-refractivity contribution in [3.05, 3.63) is 16.0 Å². The lowest BCUT2D eigenvalue weighted by atomic mass is 10.0. The summed E-state index contributed by atoms with van der Waals surface area (Å²) in [6, 6.07) is 0. The fraction of sp³-hybridized carbons (Fsp3) is 1.00. The fourth-order valence-electron chi connectivity index (χ4n) is 4.79. The van der Waals surface area contributed by atoms with Crippen LogP contribution in [-0.4, -0.2) is 24.6 Å². The third kappa shape index (κ3) is 24.4. The van der Waals surface area contributed by atoms with Gasteiger partial charge in [-0.15, -0.1) is 0 Å². The predicted molar refractivity (Wildman–Crippen MR) is 152 cm³/mol. The summed E-state index contributed by atoms with van der Waals surface area (Å²) in [6.07, 6.45) is 36.0. The third-order valence-electron chi connectivity index (χ3n) is 6.94. The average Bonchev–Trinajstić information content (AvgIpc) is 2.80. The molecule has 0 rings (SSSR count). The molecule has 0 heterocycles. The van der Waals surface area contributed by atoms with E-state index in [0.717, 1.165) is 0 Å². The van der Waals surface area contributed by atoms with Gasteiger partial charge in [-0.3, -0.25) is 4.91 Å². The van der Waals surface area contributed by atoms with Crippen molar-refractivity contribution in [3.8, 4) is 0 Å². The number of hydrogen-bond donors (Lipinski definition) is 0. The van der Waals surface area contributed by atoms with Gasteiger partial charge < -0.3 is 11.1 Å². The summed E-state index contributed by atoms with van der Waals surface area (Å²) in [5.41, 5.74) is 13.5. The predicted octanol–water partition coefficient (Wildman–Crippen LogP) is 11.8. The van der Waals surface area contributed by atoms with Crippen molar-refractivity contribution >= 4 is 7.26 Å². The number of hydrogen-bond acceptors (Lipinski definition) is 0. The van der Waals surface area contributed by atoms with E-state index in [1.807, 2.05) is 0 Å². The van der Waals surface area contributed by atoms with Crippen molar-refractivity contribution in [1.82, 2.24) is 0 Å². The molecule has 0 aliphatic heterocycles. The maximum Gasteiger partial charge on any atom is 0.0594 e. The second-order valence-electron chi connectivity index (χ2n) is 9.98. The summed E-state index contributed by atoms with van der Waals surface area (Å²) in [5.74, 6) is 0. The van der Waals surface area contributed by atoms with Crippen molar-refractivity contribution in [2.75, 3.05) is 24.6 Å². The van der Waals surface area contributed by atoms with Crippen LogP contribution in [0.25, 0.3) is 16.0 Å². The molecule has 0 N–H and O–H groups in total. The van der Waals surface area contributed by atoms with E-state index in [2.05, 4.69) is 27.7 Å². The van der Waals surface area contributed by atoms with Crippen LogP contribution in [0.4, 0.5) is 0 Å². The first kappa shape index (κ1) is 33.9. The van der Waals surface area contributed by atoms with Crippen LogP contribution in [0.3, 0.4) is 0 Å². The van der Waals surface area contributed by atoms with E-state index in [-0.39, 0.29) is 0 Å². The van der Waals surface area contributed by atoms with E-state index in [1.165, 1.54) is 127 Å². The Morgan fingerprint density at radius 2 is 0.594 bits per heavy atom. The second kappa shape index (κ2) is 28.8. The minimum absolute atomic E-state index is 0.630. The van der Waals surface area contributed by atoms with Gasteiger partial charge in [0.15, 0.2) is 0 Å². The van der Waals surface area contributed by atoms with Crippen molar-refractivity contribution < 1.29 is 0 Å². The Balaban J connectivity index is 0. The molecule has 0 fully saturated rings. The van der Waals surface area contributed by atoms with Gasteiger partial charge >= 0.3 is 0 Å². The Hall–Kier alpha value is -0.260. The van der Waals surface area contributed by atoms with Gasteiger partial charge in [-0.2, -0.15) is 0 Å². The SMILES string of the molecule is CCCCCCCCCCCCCCCC[P+](CCCC)(CCCC)CCCC.[N-]=[N+]=[N-]. The van der Waals surface area contributed by atoms with Gasteiger partial charge in [-0.05, 0) is 32.1 Å². The van der Waals surface area contributed by atoms with Crippen LogP contribution in [0.2, 0.25) is 0 Å². The molecule has 0 aromatic carbocycles.